The van der Waals surface area contributed by atoms with Gasteiger partial charge in [-0.05, 0) is 0 Å². The second kappa shape index (κ2) is 3.29. The van der Waals surface area contributed by atoms with Gasteiger partial charge in [0.2, 0.25) is 0 Å². The first-order valence-corrected chi connectivity index (χ1v) is 2.99. The Morgan fingerprint density at radius 3 is 2.90 bits per heavy atom. The lowest BCUT2D eigenvalue weighted by atomic mass is 10.5. The van der Waals surface area contributed by atoms with Gasteiger partial charge in [-0.15, -0.1) is 0 Å². The van der Waals surface area contributed by atoms with Crippen molar-refractivity contribution in [3.05, 3.63) is 18.2 Å². The van der Waals surface area contributed by atoms with Crippen molar-refractivity contribution < 1.29 is 8.78 Å². The fourth-order valence-electron chi connectivity index (χ4n) is 0.752. The van der Waals surface area contributed by atoms with E-state index in [1.165, 1.54) is 17.1 Å². The average Bonchev–Trinajstić information content (AvgIpc) is 2.36. The zero-order valence-electron chi connectivity index (χ0n) is 5.43. The summed E-state index contributed by atoms with van der Waals surface area (Å²) in [5, 5.41) is 0. The van der Waals surface area contributed by atoms with Crippen LogP contribution in [0.3, 0.4) is 0 Å². The van der Waals surface area contributed by atoms with Gasteiger partial charge in [0.15, 0.2) is 0 Å². The Hall–Kier alpha value is -0.930. The van der Waals surface area contributed by atoms with E-state index >= 15 is 0 Å². The molecule has 2 nitrogen and oxygen atoms in total. The highest BCUT2D eigenvalue weighted by molar-refractivity contribution is 4.95. The Bertz CT molecular complexity index is 197. The molecule has 0 N–H and O–H groups in total. The fourth-order valence-corrected chi connectivity index (χ4v) is 0.752. The van der Waals surface area contributed by atoms with Gasteiger partial charge in [-0.3, -0.25) is 0 Å². The average molecular weight is 146 g/mol. The van der Waals surface area contributed by atoms with Crippen LogP contribution < -0.4 is 0 Å². The molecule has 1 heterocycles. The van der Waals surface area contributed by atoms with Crippen LogP contribution in [0.1, 0.15) is 5.69 Å². The molecule has 0 fully saturated rings. The summed E-state index contributed by atoms with van der Waals surface area (Å²) in [5.41, 5.74) is 0.428. The van der Waals surface area contributed by atoms with Gasteiger partial charge >= 0.3 is 0 Å². The SMILES string of the molecule is FCCn1cncc1CF. The molecule has 0 unspecified atom stereocenters. The van der Waals surface area contributed by atoms with Crippen molar-refractivity contribution >= 4 is 0 Å². The van der Waals surface area contributed by atoms with E-state index in [9.17, 15) is 8.78 Å². The molecule has 1 aromatic rings. The predicted octanol–water partition coefficient (Wildman–Crippen LogP) is 1.32. The molecule has 0 aromatic carbocycles. The molecule has 0 spiro atoms. The smallest absolute Gasteiger partial charge is 0.131 e. The number of imidazole rings is 1. The van der Waals surface area contributed by atoms with Gasteiger partial charge in [0.25, 0.3) is 0 Å². The highest BCUT2D eigenvalue weighted by Crippen LogP contribution is 2.00. The van der Waals surface area contributed by atoms with E-state index in [1.54, 1.807) is 0 Å². The molecule has 0 bridgehead atoms. The molecule has 0 atom stereocenters. The summed E-state index contributed by atoms with van der Waals surface area (Å²) in [6.45, 7) is -0.872. The van der Waals surface area contributed by atoms with E-state index in [2.05, 4.69) is 4.98 Å². The van der Waals surface area contributed by atoms with E-state index in [-0.39, 0.29) is 6.54 Å². The minimum atomic E-state index is -0.583. The molecule has 10 heavy (non-hydrogen) atoms. The van der Waals surface area contributed by atoms with Crippen LogP contribution in [0, 0.1) is 0 Å². The van der Waals surface area contributed by atoms with Crippen LogP contribution in [-0.2, 0) is 13.2 Å². The molecular formula is C6H8F2N2. The normalized spacial score (nSPS) is 10.2. The lowest BCUT2D eigenvalue weighted by molar-refractivity contribution is 0.414. The maximum atomic E-state index is 12.0. The Morgan fingerprint density at radius 2 is 2.30 bits per heavy atom. The summed E-state index contributed by atoms with van der Waals surface area (Å²) in [5.74, 6) is 0. The van der Waals surface area contributed by atoms with Gasteiger partial charge in [-0.2, -0.15) is 0 Å². The maximum absolute atomic E-state index is 12.0. The molecule has 0 saturated heterocycles. The largest absolute Gasteiger partial charge is 0.330 e. The van der Waals surface area contributed by atoms with Crippen molar-refractivity contribution in [3.63, 3.8) is 0 Å². The molecule has 1 rings (SSSR count). The molecule has 0 aliphatic rings. The quantitative estimate of drug-likeness (QED) is 0.628. The van der Waals surface area contributed by atoms with Crippen LogP contribution in [-0.4, -0.2) is 16.2 Å². The molecule has 56 valence electrons. The second-order valence-electron chi connectivity index (χ2n) is 1.90. The molecule has 1 aromatic heterocycles. The number of halogens is 2. The third kappa shape index (κ3) is 1.32. The van der Waals surface area contributed by atoms with Gasteiger partial charge in [-0.1, -0.05) is 0 Å². The molecule has 0 aliphatic heterocycles. The van der Waals surface area contributed by atoms with Crippen LogP contribution >= 0.6 is 0 Å². The highest BCUT2D eigenvalue weighted by atomic mass is 19.1. The highest BCUT2D eigenvalue weighted by Gasteiger charge is 1.98. The fraction of sp³-hybridized carbons (Fsp3) is 0.500. The molecule has 4 heteroatoms. The Balaban J connectivity index is 2.70. The van der Waals surface area contributed by atoms with E-state index in [1.807, 2.05) is 0 Å². The van der Waals surface area contributed by atoms with E-state index in [0.29, 0.717) is 5.69 Å². The summed E-state index contributed by atoms with van der Waals surface area (Å²) in [6, 6.07) is 0. The lowest BCUT2D eigenvalue weighted by Crippen LogP contribution is -2.01. The van der Waals surface area contributed by atoms with Crippen LogP contribution in [0.5, 0.6) is 0 Å². The van der Waals surface area contributed by atoms with Crippen molar-refractivity contribution in [1.82, 2.24) is 9.55 Å². The maximum Gasteiger partial charge on any atom is 0.131 e. The monoisotopic (exact) mass is 146 g/mol. The predicted molar refractivity (Wildman–Crippen MR) is 33.0 cm³/mol. The molecular weight excluding hydrogens is 138 g/mol. The third-order valence-corrected chi connectivity index (χ3v) is 1.26. The number of hydrogen-bond donors (Lipinski definition) is 0. The number of alkyl halides is 2. The molecule has 0 amide bonds. The first-order valence-electron chi connectivity index (χ1n) is 2.99. The Kier molecular flexibility index (Phi) is 2.36. The van der Waals surface area contributed by atoms with Gasteiger partial charge in [-0.25, -0.2) is 13.8 Å². The van der Waals surface area contributed by atoms with Crippen molar-refractivity contribution in [2.75, 3.05) is 6.67 Å². The first-order chi connectivity index (χ1) is 4.88. The summed E-state index contributed by atoms with van der Waals surface area (Å²) >= 11 is 0. The molecule has 0 radical (unpaired) electrons. The van der Waals surface area contributed by atoms with E-state index in [4.69, 9.17) is 0 Å². The van der Waals surface area contributed by atoms with E-state index < -0.39 is 13.3 Å². The van der Waals surface area contributed by atoms with Crippen molar-refractivity contribution in [2.24, 2.45) is 0 Å². The van der Waals surface area contributed by atoms with Gasteiger partial charge in [0.05, 0.1) is 24.8 Å². The number of aryl methyl sites for hydroxylation is 1. The van der Waals surface area contributed by atoms with Crippen molar-refractivity contribution in [2.45, 2.75) is 13.2 Å². The van der Waals surface area contributed by atoms with Crippen LogP contribution in [0.15, 0.2) is 12.5 Å². The van der Waals surface area contributed by atoms with Crippen molar-refractivity contribution in [1.29, 1.82) is 0 Å². The standard InChI is InChI=1S/C6H8F2N2/c7-1-2-10-5-9-4-6(10)3-8/h4-5H,1-3H2. The second-order valence-corrected chi connectivity index (χ2v) is 1.90. The Morgan fingerprint density at radius 1 is 1.50 bits per heavy atom. The zero-order valence-corrected chi connectivity index (χ0v) is 5.43. The first kappa shape index (κ1) is 7.18. The topological polar surface area (TPSA) is 17.8 Å². The van der Waals surface area contributed by atoms with Crippen LogP contribution in [0.4, 0.5) is 8.78 Å². The van der Waals surface area contributed by atoms with Crippen LogP contribution in [0.25, 0.3) is 0 Å². The zero-order chi connectivity index (χ0) is 7.40. The van der Waals surface area contributed by atoms with Crippen molar-refractivity contribution in [3.8, 4) is 0 Å². The minimum absolute atomic E-state index is 0.194. The summed E-state index contributed by atoms with van der Waals surface area (Å²) < 4.78 is 25.1. The number of hydrogen-bond acceptors (Lipinski definition) is 1. The number of aromatic nitrogens is 2. The molecule has 0 aliphatic carbocycles. The summed E-state index contributed by atoms with van der Waals surface area (Å²) in [6.07, 6.45) is 2.82. The van der Waals surface area contributed by atoms with Gasteiger partial charge in [0, 0.05) is 0 Å². The lowest BCUT2D eigenvalue weighted by Gasteiger charge is -1.99. The number of rotatable bonds is 3. The summed E-state index contributed by atoms with van der Waals surface area (Å²) in [4.78, 5) is 3.67. The summed E-state index contributed by atoms with van der Waals surface area (Å²) in [7, 11) is 0. The van der Waals surface area contributed by atoms with Crippen LogP contribution in [0.2, 0.25) is 0 Å². The van der Waals surface area contributed by atoms with E-state index in [0.717, 1.165) is 0 Å². The Labute approximate surface area is 57.5 Å². The molecule has 0 saturated carbocycles. The van der Waals surface area contributed by atoms with Gasteiger partial charge in [0.1, 0.15) is 13.3 Å². The third-order valence-electron chi connectivity index (χ3n) is 1.26. The van der Waals surface area contributed by atoms with Gasteiger partial charge < -0.3 is 4.57 Å². The number of nitrogens with zero attached hydrogens (tertiary/aromatic N) is 2. The minimum Gasteiger partial charge on any atom is -0.330 e.